The number of hydrogen-bond acceptors (Lipinski definition) is 3. The summed E-state index contributed by atoms with van der Waals surface area (Å²) in [7, 11) is -3.63. The fourth-order valence-corrected chi connectivity index (χ4v) is 5.31. The van der Waals surface area contributed by atoms with E-state index in [1.54, 1.807) is 12.1 Å². The molecule has 0 saturated carbocycles. The molecule has 4 nitrogen and oxygen atoms in total. The molecule has 1 aliphatic heterocycles. The molecule has 0 saturated heterocycles. The van der Waals surface area contributed by atoms with Gasteiger partial charge in [-0.05, 0) is 69.5 Å². The first-order valence-electron chi connectivity index (χ1n) is 9.70. The Bertz CT molecular complexity index is 1150. The molecular formula is C23H26N2O2S. The smallest absolute Gasteiger partial charge is 0.268 e. The monoisotopic (exact) mass is 394 g/mol. The molecule has 0 spiro atoms. The number of nitrogens with one attached hydrogen (secondary N) is 1. The van der Waals surface area contributed by atoms with E-state index in [-0.39, 0.29) is 6.04 Å². The van der Waals surface area contributed by atoms with Crippen LogP contribution in [0.1, 0.15) is 43.0 Å². The van der Waals surface area contributed by atoms with Gasteiger partial charge in [0.1, 0.15) is 0 Å². The van der Waals surface area contributed by atoms with E-state index in [0.29, 0.717) is 4.90 Å². The van der Waals surface area contributed by atoms with E-state index in [1.165, 1.54) is 15.1 Å². The van der Waals surface area contributed by atoms with Crippen molar-refractivity contribution in [2.45, 2.75) is 44.6 Å². The van der Waals surface area contributed by atoms with Gasteiger partial charge in [-0.25, -0.2) is 12.4 Å². The Balaban J connectivity index is 1.88. The number of benzene rings is 2. The van der Waals surface area contributed by atoms with E-state index < -0.39 is 10.0 Å². The van der Waals surface area contributed by atoms with Crippen LogP contribution in [0.2, 0.25) is 0 Å². The lowest BCUT2D eigenvalue weighted by molar-refractivity contribution is 0.551. The second-order valence-electron chi connectivity index (χ2n) is 7.78. The minimum absolute atomic E-state index is 0.192. The van der Waals surface area contributed by atoms with Crippen molar-refractivity contribution in [1.29, 1.82) is 0 Å². The number of allylic oxidation sites excluding steroid dienone is 1. The maximum atomic E-state index is 13.3. The molecule has 28 heavy (non-hydrogen) atoms. The number of nitrogens with zero attached hydrogens (tertiary/aromatic N) is 1. The first kappa shape index (κ1) is 19.0. The fourth-order valence-electron chi connectivity index (χ4n) is 3.92. The van der Waals surface area contributed by atoms with Gasteiger partial charge in [-0.3, -0.25) is 0 Å². The lowest BCUT2D eigenvalue weighted by Gasteiger charge is -2.17. The fraction of sp³-hybridized carbons (Fsp3) is 0.304. The molecular weight excluding hydrogens is 368 g/mol. The van der Waals surface area contributed by atoms with Crippen LogP contribution >= 0.6 is 0 Å². The Morgan fingerprint density at radius 3 is 2.64 bits per heavy atom. The van der Waals surface area contributed by atoms with E-state index >= 15 is 0 Å². The van der Waals surface area contributed by atoms with Crippen molar-refractivity contribution in [1.82, 2.24) is 9.29 Å². The Morgan fingerprint density at radius 1 is 1.18 bits per heavy atom. The minimum atomic E-state index is -3.63. The lowest BCUT2D eigenvalue weighted by Crippen LogP contribution is -2.22. The van der Waals surface area contributed by atoms with E-state index in [1.807, 2.05) is 37.4 Å². The van der Waals surface area contributed by atoms with Crippen molar-refractivity contribution >= 4 is 20.9 Å². The zero-order valence-corrected chi connectivity index (χ0v) is 17.4. The van der Waals surface area contributed by atoms with Crippen LogP contribution in [0.25, 0.3) is 10.9 Å². The minimum Gasteiger partial charge on any atom is -0.309 e. The molecule has 146 valence electrons. The van der Waals surface area contributed by atoms with Crippen molar-refractivity contribution in [2.24, 2.45) is 0 Å². The molecule has 2 heterocycles. The second kappa shape index (κ2) is 7.22. The number of aryl methyl sites for hydroxylation is 1. The maximum absolute atomic E-state index is 13.3. The summed E-state index contributed by atoms with van der Waals surface area (Å²) < 4.78 is 28.1. The third-order valence-electron chi connectivity index (χ3n) is 5.41. The van der Waals surface area contributed by atoms with Gasteiger partial charge in [0.05, 0.1) is 10.4 Å². The summed E-state index contributed by atoms with van der Waals surface area (Å²) in [6, 6.07) is 13.2. The topological polar surface area (TPSA) is 51.1 Å². The molecule has 0 fully saturated rings. The molecule has 1 N–H and O–H groups in total. The van der Waals surface area contributed by atoms with Crippen molar-refractivity contribution in [3.05, 3.63) is 77.0 Å². The molecule has 4 rings (SSSR count). The Morgan fingerprint density at radius 2 is 1.93 bits per heavy atom. The van der Waals surface area contributed by atoms with Crippen molar-refractivity contribution in [2.75, 3.05) is 6.54 Å². The highest BCUT2D eigenvalue weighted by Crippen LogP contribution is 2.35. The quantitative estimate of drug-likeness (QED) is 0.651. The zero-order chi connectivity index (χ0) is 19.9. The Hall–Kier alpha value is -2.37. The highest BCUT2D eigenvalue weighted by Gasteiger charge is 2.26. The maximum Gasteiger partial charge on any atom is 0.268 e. The van der Waals surface area contributed by atoms with Crippen LogP contribution in [-0.4, -0.2) is 18.9 Å². The largest absolute Gasteiger partial charge is 0.309 e. The van der Waals surface area contributed by atoms with Gasteiger partial charge in [-0.2, -0.15) is 0 Å². The highest BCUT2D eigenvalue weighted by atomic mass is 32.2. The summed E-state index contributed by atoms with van der Waals surface area (Å²) in [6.45, 7) is 7.00. The third-order valence-corrected chi connectivity index (χ3v) is 7.09. The zero-order valence-electron chi connectivity index (χ0n) is 16.6. The summed E-state index contributed by atoms with van der Waals surface area (Å²) >= 11 is 0. The molecule has 0 bridgehead atoms. The van der Waals surface area contributed by atoms with Crippen LogP contribution in [0.5, 0.6) is 0 Å². The van der Waals surface area contributed by atoms with Gasteiger partial charge in [0.15, 0.2) is 0 Å². The Labute approximate surface area is 166 Å². The molecule has 0 aliphatic carbocycles. The summed E-state index contributed by atoms with van der Waals surface area (Å²) in [6.07, 6.45) is 5.77. The van der Waals surface area contributed by atoms with Crippen LogP contribution in [0.3, 0.4) is 0 Å². The first-order valence-corrected chi connectivity index (χ1v) is 11.1. The van der Waals surface area contributed by atoms with E-state index in [2.05, 4.69) is 31.3 Å². The normalized spacial score (nSPS) is 16.8. The second-order valence-corrected chi connectivity index (χ2v) is 9.60. The van der Waals surface area contributed by atoms with Crippen LogP contribution < -0.4 is 5.32 Å². The molecule has 5 heteroatoms. The van der Waals surface area contributed by atoms with Crippen LogP contribution in [0, 0.1) is 6.92 Å². The lowest BCUT2D eigenvalue weighted by atomic mass is 9.98. The molecule has 0 radical (unpaired) electrons. The molecule has 1 aromatic heterocycles. The van der Waals surface area contributed by atoms with Crippen molar-refractivity contribution < 1.29 is 8.42 Å². The van der Waals surface area contributed by atoms with Gasteiger partial charge in [-0.1, -0.05) is 41.5 Å². The van der Waals surface area contributed by atoms with Crippen LogP contribution in [-0.2, 0) is 16.4 Å². The molecule has 1 aliphatic rings. The van der Waals surface area contributed by atoms with E-state index in [0.717, 1.165) is 41.4 Å². The average Bonchev–Trinajstić information content (AvgIpc) is 2.94. The van der Waals surface area contributed by atoms with Gasteiger partial charge in [0, 0.05) is 17.6 Å². The molecule has 0 unspecified atom stereocenters. The molecule has 2 aromatic carbocycles. The van der Waals surface area contributed by atoms with Gasteiger partial charge < -0.3 is 5.32 Å². The van der Waals surface area contributed by atoms with Crippen molar-refractivity contribution in [3.8, 4) is 0 Å². The SMILES string of the molecule is CC(C)=CC[C@H]1NCCc2cn(S(=O)(=O)c3ccc(C)cc3)c3cccc1c23. The van der Waals surface area contributed by atoms with Gasteiger partial charge in [0.25, 0.3) is 10.0 Å². The summed E-state index contributed by atoms with van der Waals surface area (Å²) in [5, 5.41) is 4.70. The van der Waals surface area contributed by atoms with Gasteiger partial charge in [-0.15, -0.1) is 0 Å². The van der Waals surface area contributed by atoms with E-state index in [4.69, 9.17) is 0 Å². The predicted molar refractivity (Wildman–Crippen MR) is 114 cm³/mol. The van der Waals surface area contributed by atoms with Gasteiger partial charge >= 0.3 is 0 Å². The summed E-state index contributed by atoms with van der Waals surface area (Å²) in [5.74, 6) is 0. The molecule has 1 atom stereocenters. The Kier molecular flexibility index (Phi) is 4.89. The van der Waals surface area contributed by atoms with Crippen molar-refractivity contribution in [3.63, 3.8) is 0 Å². The van der Waals surface area contributed by atoms with Crippen LogP contribution in [0.15, 0.2) is 65.2 Å². The standard InChI is InChI=1S/C23H26N2O2S/c1-16(2)7-12-21-20-5-4-6-22-23(20)18(13-14-24-21)15-25(22)28(26,27)19-10-8-17(3)9-11-19/h4-11,15,21,24H,12-14H2,1-3H3/t21-/m1/s1. The molecule has 3 aromatic rings. The number of hydrogen-bond donors (Lipinski definition) is 1. The summed E-state index contributed by atoms with van der Waals surface area (Å²) in [5.41, 5.74) is 5.37. The van der Waals surface area contributed by atoms with Crippen LogP contribution in [0.4, 0.5) is 0 Å². The average molecular weight is 395 g/mol. The number of rotatable bonds is 4. The first-order chi connectivity index (χ1) is 13.4. The third kappa shape index (κ3) is 3.29. The summed E-state index contributed by atoms with van der Waals surface area (Å²) in [4.78, 5) is 0.322. The molecule has 0 amide bonds. The van der Waals surface area contributed by atoms with E-state index in [9.17, 15) is 8.42 Å². The highest BCUT2D eigenvalue weighted by molar-refractivity contribution is 7.90. The van der Waals surface area contributed by atoms with Gasteiger partial charge in [0.2, 0.25) is 0 Å². The predicted octanol–water partition coefficient (Wildman–Crippen LogP) is 4.73. The number of aromatic nitrogens is 1.